The van der Waals surface area contributed by atoms with Gasteiger partial charge in [0.05, 0.1) is 11.3 Å². The van der Waals surface area contributed by atoms with Crippen molar-refractivity contribution in [3.63, 3.8) is 0 Å². The van der Waals surface area contributed by atoms with Crippen LogP contribution in [-0.4, -0.2) is 36.5 Å². The molecule has 0 aliphatic carbocycles. The normalized spacial score (nSPS) is 10.1. The minimum absolute atomic E-state index is 0.0169. The number of carbonyl (C=O) groups is 2. The van der Waals surface area contributed by atoms with E-state index in [2.05, 4.69) is 10.6 Å². The number of ether oxygens (including phenoxy) is 1. The molecule has 2 rings (SSSR count). The zero-order valence-corrected chi connectivity index (χ0v) is 14.1. The monoisotopic (exact) mass is 363 g/mol. The highest BCUT2D eigenvalue weighted by atomic mass is 32.1. The third kappa shape index (κ3) is 6.60. The van der Waals surface area contributed by atoms with Crippen molar-refractivity contribution < 1.29 is 19.2 Å². The highest BCUT2D eigenvalue weighted by Gasteiger charge is 2.09. The first-order chi connectivity index (χ1) is 12.0. The predicted octanol–water partition coefficient (Wildman–Crippen LogP) is 1.97. The molecular weight excluding hydrogens is 346 g/mol. The molecule has 8 nitrogen and oxygen atoms in total. The van der Waals surface area contributed by atoms with E-state index in [0.29, 0.717) is 18.8 Å². The van der Waals surface area contributed by atoms with Crippen LogP contribution in [0.15, 0.2) is 41.8 Å². The van der Waals surface area contributed by atoms with E-state index in [9.17, 15) is 19.7 Å². The van der Waals surface area contributed by atoms with Crippen molar-refractivity contribution in [2.45, 2.75) is 6.42 Å². The summed E-state index contributed by atoms with van der Waals surface area (Å²) in [5.74, 6) is -0.827. The van der Waals surface area contributed by atoms with Gasteiger partial charge in [0.1, 0.15) is 0 Å². The summed E-state index contributed by atoms with van der Waals surface area (Å²) in [6.07, 6.45) is 0.159. The number of amides is 1. The fourth-order valence-electron chi connectivity index (χ4n) is 1.91. The van der Waals surface area contributed by atoms with Crippen LogP contribution in [0.5, 0.6) is 0 Å². The van der Waals surface area contributed by atoms with Gasteiger partial charge in [-0.3, -0.25) is 19.7 Å². The first kappa shape index (κ1) is 18.4. The molecule has 1 heterocycles. The molecule has 0 spiro atoms. The third-order valence-electron chi connectivity index (χ3n) is 3.12. The summed E-state index contributed by atoms with van der Waals surface area (Å²) in [5.41, 5.74) is 0.727. The second kappa shape index (κ2) is 9.38. The van der Waals surface area contributed by atoms with Gasteiger partial charge >= 0.3 is 5.97 Å². The van der Waals surface area contributed by atoms with Crippen molar-refractivity contribution in [3.8, 4) is 0 Å². The van der Waals surface area contributed by atoms with E-state index in [1.54, 1.807) is 12.1 Å². The summed E-state index contributed by atoms with van der Waals surface area (Å²) in [7, 11) is 0. The van der Waals surface area contributed by atoms with Crippen molar-refractivity contribution in [2.75, 3.05) is 25.0 Å². The molecule has 2 N–H and O–H groups in total. The fraction of sp³-hybridized carbons (Fsp3) is 0.250. The second-order valence-corrected chi connectivity index (χ2v) is 6.03. The Balaban J connectivity index is 1.58. The van der Waals surface area contributed by atoms with Crippen LogP contribution >= 0.6 is 11.3 Å². The van der Waals surface area contributed by atoms with Gasteiger partial charge in [0.2, 0.25) is 0 Å². The van der Waals surface area contributed by atoms with E-state index in [1.165, 1.54) is 23.5 Å². The highest BCUT2D eigenvalue weighted by Crippen LogP contribution is 2.14. The lowest BCUT2D eigenvalue weighted by Crippen LogP contribution is -2.32. The lowest BCUT2D eigenvalue weighted by Gasteiger charge is -2.08. The number of hydrogen-bond acceptors (Lipinski definition) is 7. The third-order valence-corrected chi connectivity index (χ3v) is 3.99. The molecule has 0 atom stereocenters. The van der Waals surface area contributed by atoms with Crippen molar-refractivity contribution >= 4 is 34.6 Å². The number of benzene rings is 1. The van der Waals surface area contributed by atoms with E-state index in [1.807, 2.05) is 17.5 Å². The summed E-state index contributed by atoms with van der Waals surface area (Å²) < 4.78 is 4.90. The van der Waals surface area contributed by atoms with Crippen LogP contribution in [0.3, 0.4) is 0 Å². The summed E-state index contributed by atoms with van der Waals surface area (Å²) in [6, 6.07) is 9.65. The molecule has 132 valence electrons. The number of nitrogens with one attached hydrogen (secondary N) is 2. The maximum Gasteiger partial charge on any atom is 0.311 e. The van der Waals surface area contributed by atoms with Crippen LogP contribution in [0.1, 0.15) is 4.88 Å². The molecule has 0 bridgehead atoms. The van der Waals surface area contributed by atoms with Gasteiger partial charge in [-0.25, -0.2) is 0 Å². The number of esters is 1. The molecule has 0 aliphatic heterocycles. The van der Waals surface area contributed by atoms with E-state index in [0.717, 1.165) is 4.88 Å². The first-order valence-electron chi connectivity index (χ1n) is 7.47. The number of nitro benzene ring substituents is 1. The van der Waals surface area contributed by atoms with Crippen LogP contribution in [-0.2, 0) is 20.7 Å². The molecule has 2 aromatic rings. The maximum atomic E-state index is 11.6. The van der Waals surface area contributed by atoms with E-state index >= 15 is 0 Å². The van der Waals surface area contributed by atoms with Gasteiger partial charge < -0.3 is 15.4 Å². The fourth-order valence-corrected chi connectivity index (χ4v) is 2.60. The zero-order chi connectivity index (χ0) is 18.1. The average molecular weight is 363 g/mol. The lowest BCUT2D eigenvalue weighted by atomic mass is 10.3. The molecule has 0 radical (unpaired) electrons. The number of anilines is 1. The standard InChI is InChI=1S/C16H17N3O5S/c20-15(11-24-16(21)10-14-2-1-9-25-14)18-8-7-17-12-3-5-13(6-4-12)19(22)23/h1-6,9,17H,7-8,10-11H2,(H,18,20). The smallest absolute Gasteiger partial charge is 0.311 e. The Kier molecular flexibility index (Phi) is 6.90. The molecule has 25 heavy (non-hydrogen) atoms. The molecular formula is C16H17N3O5S. The van der Waals surface area contributed by atoms with Gasteiger partial charge in [0, 0.05) is 35.8 Å². The number of non-ortho nitro benzene ring substituents is 1. The summed E-state index contributed by atoms with van der Waals surface area (Å²) in [6.45, 7) is 0.451. The first-order valence-corrected chi connectivity index (χ1v) is 8.35. The van der Waals surface area contributed by atoms with Gasteiger partial charge in [-0.05, 0) is 23.6 Å². The quantitative estimate of drug-likeness (QED) is 0.305. The minimum Gasteiger partial charge on any atom is -0.455 e. The van der Waals surface area contributed by atoms with Crippen molar-refractivity contribution in [3.05, 3.63) is 56.8 Å². The zero-order valence-electron chi connectivity index (χ0n) is 13.3. The number of nitro groups is 1. The van der Waals surface area contributed by atoms with Crippen LogP contribution in [0.4, 0.5) is 11.4 Å². The Bertz CT molecular complexity index is 716. The van der Waals surface area contributed by atoms with Crippen LogP contribution in [0.25, 0.3) is 0 Å². The van der Waals surface area contributed by atoms with Crippen molar-refractivity contribution in [2.24, 2.45) is 0 Å². The average Bonchev–Trinajstić information content (AvgIpc) is 3.10. The molecule has 0 saturated carbocycles. The van der Waals surface area contributed by atoms with Crippen LogP contribution < -0.4 is 10.6 Å². The van der Waals surface area contributed by atoms with Crippen LogP contribution in [0.2, 0.25) is 0 Å². The molecule has 1 amide bonds. The topological polar surface area (TPSA) is 111 Å². The molecule has 0 unspecified atom stereocenters. The lowest BCUT2D eigenvalue weighted by molar-refractivity contribution is -0.384. The van der Waals surface area contributed by atoms with E-state index < -0.39 is 10.9 Å². The molecule has 1 aromatic heterocycles. The maximum absolute atomic E-state index is 11.6. The van der Waals surface area contributed by atoms with Crippen molar-refractivity contribution in [1.29, 1.82) is 0 Å². The molecule has 1 aromatic carbocycles. The Labute approximate surface area is 148 Å². The molecule has 9 heteroatoms. The summed E-state index contributed by atoms with van der Waals surface area (Å²) in [4.78, 5) is 34.1. The SMILES string of the molecule is O=C(COC(=O)Cc1cccs1)NCCNc1ccc([N+](=O)[O-])cc1. The van der Waals surface area contributed by atoms with E-state index in [-0.39, 0.29) is 24.6 Å². The van der Waals surface area contributed by atoms with E-state index in [4.69, 9.17) is 4.74 Å². The van der Waals surface area contributed by atoms with Crippen molar-refractivity contribution in [1.82, 2.24) is 5.32 Å². The number of carbonyl (C=O) groups excluding carboxylic acids is 2. The number of thiophene rings is 1. The summed E-state index contributed by atoms with van der Waals surface area (Å²) in [5, 5.41) is 18.0. The summed E-state index contributed by atoms with van der Waals surface area (Å²) >= 11 is 1.46. The Morgan fingerprint density at radius 3 is 2.56 bits per heavy atom. The Morgan fingerprint density at radius 2 is 1.92 bits per heavy atom. The second-order valence-electron chi connectivity index (χ2n) is 5.00. The highest BCUT2D eigenvalue weighted by molar-refractivity contribution is 7.10. The Hall–Kier alpha value is -2.94. The molecule has 0 fully saturated rings. The number of rotatable bonds is 9. The van der Waals surface area contributed by atoms with Crippen LogP contribution in [0, 0.1) is 10.1 Å². The van der Waals surface area contributed by atoms with Gasteiger partial charge in [-0.2, -0.15) is 0 Å². The van der Waals surface area contributed by atoms with Gasteiger partial charge in [0.15, 0.2) is 6.61 Å². The predicted molar refractivity (Wildman–Crippen MR) is 93.6 cm³/mol. The van der Waals surface area contributed by atoms with Gasteiger partial charge in [-0.15, -0.1) is 11.3 Å². The number of nitrogens with zero attached hydrogens (tertiary/aromatic N) is 1. The minimum atomic E-state index is -0.469. The van der Waals surface area contributed by atoms with Gasteiger partial charge in [-0.1, -0.05) is 6.07 Å². The number of hydrogen-bond donors (Lipinski definition) is 2. The van der Waals surface area contributed by atoms with Gasteiger partial charge in [0.25, 0.3) is 11.6 Å². The molecule has 0 aliphatic rings. The largest absolute Gasteiger partial charge is 0.455 e. The Morgan fingerprint density at radius 1 is 1.16 bits per heavy atom. The molecule has 0 saturated heterocycles.